The number of carbonyl (C=O) groups excluding carboxylic acids is 1. The summed E-state index contributed by atoms with van der Waals surface area (Å²) in [6, 6.07) is 10.8. The Morgan fingerprint density at radius 1 is 1.15 bits per heavy atom. The summed E-state index contributed by atoms with van der Waals surface area (Å²) in [5, 5.41) is 2.55. The van der Waals surface area contributed by atoms with E-state index >= 15 is 0 Å². The fourth-order valence-corrected chi connectivity index (χ4v) is 5.11. The van der Waals surface area contributed by atoms with Crippen LogP contribution in [-0.4, -0.2) is 34.4 Å². The first kappa shape index (κ1) is 24.8. The molecule has 1 N–H and O–H groups in total. The molecule has 0 amide bonds. The van der Waals surface area contributed by atoms with Gasteiger partial charge in [-0.15, -0.1) is 11.3 Å². The molecule has 3 rings (SSSR count). The average Bonchev–Trinajstić information content (AvgIpc) is 3.14. The van der Waals surface area contributed by atoms with Crippen molar-refractivity contribution < 1.29 is 22.7 Å². The van der Waals surface area contributed by atoms with Crippen LogP contribution in [0.15, 0.2) is 47.9 Å². The minimum atomic E-state index is -3.40. The predicted molar refractivity (Wildman–Crippen MR) is 136 cm³/mol. The lowest BCUT2D eigenvalue weighted by Crippen LogP contribution is -2.09. The summed E-state index contributed by atoms with van der Waals surface area (Å²) < 4.78 is 36.3. The lowest BCUT2D eigenvalue weighted by Gasteiger charge is -2.14. The van der Waals surface area contributed by atoms with Crippen molar-refractivity contribution in [3.63, 3.8) is 0 Å². The SMILES string of the molecule is CCOC(=O)C=Cc1scc(-c2ccc(Cl)cc2OC)c1-c1ccc(NS(C)(=O)=O)cc1C. The van der Waals surface area contributed by atoms with Gasteiger partial charge in [0, 0.05) is 38.4 Å². The molecule has 9 heteroatoms. The van der Waals surface area contributed by atoms with E-state index in [-0.39, 0.29) is 0 Å². The summed E-state index contributed by atoms with van der Waals surface area (Å²) in [6.07, 6.45) is 4.24. The van der Waals surface area contributed by atoms with Gasteiger partial charge in [0.05, 0.1) is 20.0 Å². The van der Waals surface area contributed by atoms with Crippen molar-refractivity contribution in [2.75, 3.05) is 24.7 Å². The normalized spacial score (nSPS) is 11.5. The molecule has 0 unspecified atom stereocenters. The summed E-state index contributed by atoms with van der Waals surface area (Å²) in [6.45, 7) is 3.95. The van der Waals surface area contributed by atoms with Gasteiger partial charge in [0.15, 0.2) is 0 Å². The Balaban J connectivity index is 2.19. The van der Waals surface area contributed by atoms with Gasteiger partial charge in [0.25, 0.3) is 0 Å². The van der Waals surface area contributed by atoms with Crippen LogP contribution in [0.5, 0.6) is 5.75 Å². The van der Waals surface area contributed by atoms with E-state index in [2.05, 4.69) is 4.72 Å². The number of aryl methyl sites for hydroxylation is 1. The Morgan fingerprint density at radius 2 is 1.88 bits per heavy atom. The van der Waals surface area contributed by atoms with Crippen molar-refractivity contribution in [3.05, 3.63) is 63.3 Å². The lowest BCUT2D eigenvalue weighted by molar-refractivity contribution is -0.137. The first-order chi connectivity index (χ1) is 15.6. The molecule has 0 saturated carbocycles. The minimum absolute atomic E-state index is 0.293. The molecule has 0 aliphatic carbocycles. The Morgan fingerprint density at radius 3 is 2.52 bits per heavy atom. The number of benzene rings is 2. The Bertz CT molecular complexity index is 1310. The molecule has 33 heavy (non-hydrogen) atoms. The number of hydrogen-bond donors (Lipinski definition) is 1. The molecule has 0 fully saturated rings. The highest BCUT2D eigenvalue weighted by molar-refractivity contribution is 7.92. The van der Waals surface area contributed by atoms with E-state index in [0.29, 0.717) is 23.1 Å². The molecule has 1 heterocycles. The van der Waals surface area contributed by atoms with Crippen molar-refractivity contribution in [3.8, 4) is 28.0 Å². The van der Waals surface area contributed by atoms with E-state index < -0.39 is 16.0 Å². The van der Waals surface area contributed by atoms with E-state index in [1.54, 1.807) is 44.4 Å². The van der Waals surface area contributed by atoms with Crippen LogP contribution in [0.3, 0.4) is 0 Å². The van der Waals surface area contributed by atoms with Gasteiger partial charge in [0.2, 0.25) is 10.0 Å². The Hall–Kier alpha value is -2.81. The molecule has 6 nitrogen and oxygen atoms in total. The molecular formula is C24H24ClNO5S2. The smallest absolute Gasteiger partial charge is 0.330 e. The third-order valence-corrected chi connectivity index (χ3v) is 6.52. The number of thiophene rings is 1. The lowest BCUT2D eigenvalue weighted by atomic mass is 9.93. The maximum Gasteiger partial charge on any atom is 0.330 e. The number of esters is 1. The zero-order chi connectivity index (χ0) is 24.2. The molecule has 2 aromatic carbocycles. The van der Waals surface area contributed by atoms with Crippen LogP contribution in [0.2, 0.25) is 5.02 Å². The second-order valence-electron chi connectivity index (χ2n) is 7.22. The van der Waals surface area contributed by atoms with Crippen molar-refractivity contribution in [1.29, 1.82) is 0 Å². The van der Waals surface area contributed by atoms with E-state index in [1.807, 2.05) is 24.4 Å². The van der Waals surface area contributed by atoms with Gasteiger partial charge in [-0.2, -0.15) is 0 Å². The quantitative estimate of drug-likeness (QED) is 0.300. The van der Waals surface area contributed by atoms with Gasteiger partial charge < -0.3 is 9.47 Å². The first-order valence-electron chi connectivity index (χ1n) is 10.0. The van der Waals surface area contributed by atoms with Crippen LogP contribution in [0, 0.1) is 6.92 Å². The van der Waals surface area contributed by atoms with Crippen LogP contribution in [0.1, 0.15) is 17.4 Å². The van der Waals surface area contributed by atoms with Crippen LogP contribution in [-0.2, 0) is 19.6 Å². The molecule has 0 spiro atoms. The van der Waals surface area contributed by atoms with E-state index in [9.17, 15) is 13.2 Å². The van der Waals surface area contributed by atoms with Crippen molar-refractivity contribution in [2.24, 2.45) is 0 Å². The van der Waals surface area contributed by atoms with Crippen LogP contribution in [0.25, 0.3) is 28.3 Å². The molecule has 1 aromatic heterocycles. The molecule has 3 aromatic rings. The molecule has 0 aliphatic heterocycles. The van der Waals surface area contributed by atoms with E-state index in [4.69, 9.17) is 21.1 Å². The fourth-order valence-electron chi connectivity index (χ4n) is 3.41. The van der Waals surface area contributed by atoms with Gasteiger partial charge in [0.1, 0.15) is 5.75 Å². The van der Waals surface area contributed by atoms with Crippen LogP contribution >= 0.6 is 22.9 Å². The summed E-state index contributed by atoms with van der Waals surface area (Å²) in [7, 11) is -1.81. The van der Waals surface area contributed by atoms with Crippen molar-refractivity contribution >= 4 is 50.7 Å². The molecule has 0 radical (unpaired) electrons. The second kappa shape index (κ2) is 10.4. The third-order valence-electron chi connectivity index (χ3n) is 4.73. The van der Waals surface area contributed by atoms with Gasteiger partial charge in [-0.1, -0.05) is 17.7 Å². The molecule has 0 atom stereocenters. The fraction of sp³-hybridized carbons (Fsp3) is 0.208. The summed E-state index contributed by atoms with van der Waals surface area (Å²) in [5.41, 5.74) is 4.88. The highest BCUT2D eigenvalue weighted by atomic mass is 35.5. The highest BCUT2D eigenvalue weighted by Gasteiger charge is 2.19. The minimum Gasteiger partial charge on any atom is -0.496 e. The maximum absolute atomic E-state index is 11.9. The van der Waals surface area contributed by atoms with Gasteiger partial charge in [-0.3, -0.25) is 4.72 Å². The topological polar surface area (TPSA) is 81.7 Å². The average molecular weight is 506 g/mol. The zero-order valence-electron chi connectivity index (χ0n) is 18.6. The number of halogens is 1. The van der Waals surface area contributed by atoms with Crippen LogP contribution in [0.4, 0.5) is 5.69 Å². The number of carbonyl (C=O) groups is 1. The largest absolute Gasteiger partial charge is 0.496 e. The Labute approximate surface area is 202 Å². The molecule has 0 saturated heterocycles. The molecule has 174 valence electrons. The Kier molecular flexibility index (Phi) is 7.84. The summed E-state index contributed by atoms with van der Waals surface area (Å²) in [4.78, 5) is 12.8. The van der Waals surface area contributed by atoms with Crippen molar-refractivity contribution in [2.45, 2.75) is 13.8 Å². The predicted octanol–water partition coefficient (Wildman–Crippen LogP) is 6.00. The second-order valence-corrected chi connectivity index (χ2v) is 10.3. The number of sulfonamides is 1. The van der Waals surface area contributed by atoms with Gasteiger partial charge in [-0.05, 0) is 66.8 Å². The standard InChI is InChI=1S/C24H24ClNO5S2/c1-5-31-23(27)11-10-22-24(18-9-7-17(12-15(18)2)26-33(4,28)29)20(14-32-22)19-8-6-16(25)13-21(19)30-3/h6-14,26H,5H2,1-4H3. The molecule has 0 aliphatic rings. The summed E-state index contributed by atoms with van der Waals surface area (Å²) in [5.74, 6) is 0.197. The van der Waals surface area contributed by atoms with Crippen molar-refractivity contribution in [1.82, 2.24) is 0 Å². The van der Waals surface area contributed by atoms with E-state index in [1.165, 1.54) is 17.4 Å². The number of nitrogens with one attached hydrogen (secondary N) is 1. The maximum atomic E-state index is 11.9. The third kappa shape index (κ3) is 6.16. The number of rotatable bonds is 8. The number of ether oxygens (including phenoxy) is 2. The monoisotopic (exact) mass is 505 g/mol. The zero-order valence-corrected chi connectivity index (χ0v) is 21.0. The van der Waals surface area contributed by atoms with Gasteiger partial charge >= 0.3 is 5.97 Å². The van der Waals surface area contributed by atoms with Crippen LogP contribution < -0.4 is 9.46 Å². The molecule has 0 bridgehead atoms. The molecular weight excluding hydrogens is 482 g/mol. The highest BCUT2D eigenvalue weighted by Crippen LogP contribution is 2.45. The van der Waals surface area contributed by atoms with Gasteiger partial charge in [-0.25, -0.2) is 13.2 Å². The summed E-state index contributed by atoms with van der Waals surface area (Å²) >= 11 is 7.64. The number of methoxy groups -OCH3 is 1. The van der Waals surface area contributed by atoms with E-state index in [0.717, 1.165) is 39.0 Å². The number of hydrogen-bond acceptors (Lipinski definition) is 6. The number of anilines is 1. The first-order valence-corrected chi connectivity index (χ1v) is 13.2.